The lowest BCUT2D eigenvalue weighted by atomic mass is 9.90. The Balaban J connectivity index is 1.52. The number of aromatic nitrogens is 2. The van der Waals surface area contributed by atoms with Crippen LogP contribution in [0.15, 0.2) is 89.4 Å². The predicted octanol–water partition coefficient (Wildman–Crippen LogP) is 4.82. The van der Waals surface area contributed by atoms with Crippen molar-refractivity contribution in [2.45, 2.75) is 64.0 Å². The molecule has 5 rings (SSSR count). The molecule has 10 heteroatoms. The highest BCUT2D eigenvalue weighted by atomic mass is 16.5. The number of hydrogen-bond acceptors (Lipinski definition) is 7. The number of benzene rings is 2. The van der Waals surface area contributed by atoms with Gasteiger partial charge < -0.3 is 15.4 Å². The molecule has 46 heavy (non-hydrogen) atoms. The van der Waals surface area contributed by atoms with Crippen LogP contribution in [-0.2, 0) is 23.9 Å². The summed E-state index contributed by atoms with van der Waals surface area (Å²) in [6.45, 7) is 2.35. The summed E-state index contributed by atoms with van der Waals surface area (Å²) < 4.78 is 6.83. The van der Waals surface area contributed by atoms with Crippen LogP contribution in [0.3, 0.4) is 0 Å². The Morgan fingerprint density at radius 3 is 2.35 bits per heavy atom. The zero-order valence-electron chi connectivity index (χ0n) is 25.9. The summed E-state index contributed by atoms with van der Waals surface area (Å²) in [5, 5.41) is 5.53. The number of nitrogens with one attached hydrogen (secondary N) is 2. The molecular weight excluding hydrogens is 584 g/mol. The molecule has 3 aromatic rings. The summed E-state index contributed by atoms with van der Waals surface area (Å²) in [5.74, 6) is -2.03. The first-order valence-electron chi connectivity index (χ1n) is 15.8. The zero-order chi connectivity index (χ0) is 32.5. The number of carbonyl (C=O) groups excluding carboxylic acids is 4. The minimum absolute atomic E-state index is 0.0567. The van der Waals surface area contributed by atoms with Gasteiger partial charge in [0.2, 0.25) is 17.5 Å². The van der Waals surface area contributed by atoms with Crippen molar-refractivity contribution in [2.24, 2.45) is 0 Å². The van der Waals surface area contributed by atoms with E-state index in [1.165, 1.54) is 16.8 Å². The minimum atomic E-state index is -1.02. The van der Waals surface area contributed by atoms with Gasteiger partial charge in [0.15, 0.2) is 0 Å². The van der Waals surface area contributed by atoms with Gasteiger partial charge in [0.25, 0.3) is 11.5 Å². The smallest absolute Gasteiger partial charge is 0.278 e. The number of Topliss-reactive ketones (excluding diaryl/α,β-unsaturated/α-hetero) is 1. The number of allylic oxidation sites excluding steroid dienone is 3. The van der Waals surface area contributed by atoms with E-state index < -0.39 is 41.1 Å². The number of nitrogens with zero attached hydrogens (tertiary/aromatic N) is 2. The van der Waals surface area contributed by atoms with Gasteiger partial charge in [-0.1, -0.05) is 93.3 Å². The van der Waals surface area contributed by atoms with Crippen LogP contribution in [0.4, 0.5) is 5.69 Å². The molecule has 2 unspecified atom stereocenters. The molecule has 1 aromatic heterocycles. The highest BCUT2D eigenvalue weighted by molar-refractivity contribution is 6.50. The van der Waals surface area contributed by atoms with Crippen molar-refractivity contribution in [1.29, 1.82) is 0 Å². The number of anilines is 1. The van der Waals surface area contributed by atoms with Crippen molar-refractivity contribution in [3.05, 3.63) is 101 Å². The largest absolute Gasteiger partial charge is 0.368 e. The van der Waals surface area contributed by atoms with Gasteiger partial charge in [0, 0.05) is 24.3 Å². The van der Waals surface area contributed by atoms with Crippen molar-refractivity contribution < 1.29 is 23.9 Å². The lowest BCUT2D eigenvalue weighted by Crippen LogP contribution is -2.41. The molecule has 0 saturated carbocycles. The van der Waals surface area contributed by atoms with Gasteiger partial charge >= 0.3 is 0 Å². The highest BCUT2D eigenvalue weighted by Gasteiger charge is 2.30. The van der Waals surface area contributed by atoms with Crippen LogP contribution in [-0.4, -0.2) is 52.2 Å². The number of carbonyl (C=O) groups is 4. The van der Waals surface area contributed by atoms with Gasteiger partial charge in [-0.3, -0.25) is 28.5 Å². The molecule has 1 aliphatic carbocycles. The minimum Gasteiger partial charge on any atom is -0.368 e. The molecule has 2 aromatic carbocycles. The molecule has 2 N–H and O–H groups in total. The number of hydrogen-bond donors (Lipinski definition) is 2. The number of ether oxygens (including phenoxy) is 1. The SMILES string of the molecule is CCCCCCC(C(=O)NCC1=C(c2ccccc2)C=CC(=O)C1=O)n1c(-c2ccccc2)ncc(NC(=O)C2CCCO2)c1=O. The summed E-state index contributed by atoms with van der Waals surface area (Å²) in [7, 11) is 0. The van der Waals surface area contributed by atoms with E-state index in [0.717, 1.165) is 31.2 Å². The third-order valence-corrected chi connectivity index (χ3v) is 8.20. The predicted molar refractivity (Wildman–Crippen MR) is 175 cm³/mol. The Labute approximate surface area is 267 Å². The third kappa shape index (κ3) is 7.46. The molecule has 2 aliphatic rings. The van der Waals surface area contributed by atoms with Crippen molar-refractivity contribution >= 4 is 34.6 Å². The van der Waals surface area contributed by atoms with Crippen molar-refractivity contribution in [3.63, 3.8) is 0 Å². The maximum atomic E-state index is 14.2. The summed E-state index contributed by atoms with van der Waals surface area (Å²) in [4.78, 5) is 71.1. The fourth-order valence-corrected chi connectivity index (χ4v) is 5.75. The fraction of sp³-hybridized carbons (Fsp3) is 0.333. The van der Waals surface area contributed by atoms with Crippen molar-refractivity contribution in [3.8, 4) is 11.4 Å². The number of rotatable bonds is 13. The molecule has 0 spiro atoms. The summed E-state index contributed by atoms with van der Waals surface area (Å²) in [5.41, 5.74) is 1.44. The molecule has 0 radical (unpaired) electrons. The fourth-order valence-electron chi connectivity index (χ4n) is 5.75. The van der Waals surface area contributed by atoms with Gasteiger partial charge in [-0.2, -0.15) is 0 Å². The second-order valence-corrected chi connectivity index (χ2v) is 11.4. The van der Waals surface area contributed by atoms with Crippen LogP contribution < -0.4 is 16.2 Å². The lowest BCUT2D eigenvalue weighted by molar-refractivity contribution is -0.131. The molecule has 238 valence electrons. The van der Waals surface area contributed by atoms with Crippen LogP contribution in [0, 0.1) is 0 Å². The molecule has 2 atom stereocenters. The van der Waals surface area contributed by atoms with Crippen LogP contribution in [0.2, 0.25) is 0 Å². The van der Waals surface area contributed by atoms with E-state index in [-0.39, 0.29) is 23.6 Å². The Morgan fingerprint density at radius 2 is 1.67 bits per heavy atom. The number of amides is 2. The van der Waals surface area contributed by atoms with Crippen LogP contribution in [0.25, 0.3) is 17.0 Å². The van der Waals surface area contributed by atoms with E-state index in [9.17, 15) is 24.0 Å². The molecule has 2 amide bonds. The highest BCUT2D eigenvalue weighted by Crippen LogP contribution is 2.27. The molecule has 2 heterocycles. The van der Waals surface area contributed by atoms with E-state index in [2.05, 4.69) is 22.5 Å². The van der Waals surface area contributed by atoms with Crippen LogP contribution in [0.1, 0.15) is 63.5 Å². The van der Waals surface area contributed by atoms with Crippen LogP contribution >= 0.6 is 0 Å². The Hall–Kier alpha value is -4.96. The van der Waals surface area contributed by atoms with Gasteiger partial charge in [-0.05, 0) is 42.6 Å². The van der Waals surface area contributed by atoms with E-state index in [4.69, 9.17) is 4.74 Å². The van der Waals surface area contributed by atoms with Gasteiger partial charge in [0.05, 0.1) is 6.20 Å². The molecule has 1 fully saturated rings. The van der Waals surface area contributed by atoms with Crippen molar-refractivity contribution in [2.75, 3.05) is 18.5 Å². The van der Waals surface area contributed by atoms with E-state index in [0.29, 0.717) is 37.0 Å². The first kappa shape index (κ1) is 32.4. The lowest BCUT2D eigenvalue weighted by Gasteiger charge is -2.24. The number of unbranched alkanes of at least 4 members (excludes halogenated alkanes) is 3. The first-order valence-corrected chi connectivity index (χ1v) is 15.8. The average Bonchev–Trinajstić information content (AvgIpc) is 3.63. The van der Waals surface area contributed by atoms with Gasteiger partial charge in [-0.15, -0.1) is 0 Å². The van der Waals surface area contributed by atoms with E-state index >= 15 is 0 Å². The second-order valence-electron chi connectivity index (χ2n) is 11.4. The Kier molecular flexibility index (Phi) is 10.8. The average molecular weight is 623 g/mol. The third-order valence-electron chi connectivity index (χ3n) is 8.20. The number of ketones is 2. The zero-order valence-corrected chi connectivity index (χ0v) is 25.9. The Bertz CT molecular complexity index is 1710. The maximum Gasteiger partial charge on any atom is 0.278 e. The first-order chi connectivity index (χ1) is 22.4. The molecule has 1 saturated heterocycles. The molecule has 0 bridgehead atoms. The maximum absolute atomic E-state index is 14.2. The molecule has 1 aliphatic heterocycles. The summed E-state index contributed by atoms with van der Waals surface area (Å²) >= 11 is 0. The Morgan fingerprint density at radius 1 is 0.957 bits per heavy atom. The van der Waals surface area contributed by atoms with E-state index in [1.54, 1.807) is 18.2 Å². The quantitative estimate of drug-likeness (QED) is 0.159. The van der Waals surface area contributed by atoms with E-state index in [1.807, 2.05) is 48.5 Å². The molecule has 10 nitrogen and oxygen atoms in total. The van der Waals surface area contributed by atoms with Gasteiger partial charge in [-0.25, -0.2) is 4.98 Å². The monoisotopic (exact) mass is 622 g/mol. The van der Waals surface area contributed by atoms with Crippen LogP contribution in [0.5, 0.6) is 0 Å². The standard InChI is InChI=1S/C36H38N4O6/c1-2-3-4-11-17-29(34(43)38-22-27-26(19-20-30(41)32(27)42)24-13-7-5-8-14-24)40-33(25-15-9-6-10-16-25)37-23-28(36(40)45)39-35(44)31-18-12-21-46-31/h5-10,13-16,19-20,23,29,31H,2-4,11-12,17-18,21-22H2,1H3,(H,38,43)(H,39,44). The summed E-state index contributed by atoms with van der Waals surface area (Å²) in [6, 6.07) is 17.2. The van der Waals surface area contributed by atoms with Crippen molar-refractivity contribution in [1.82, 2.24) is 14.9 Å². The second kappa shape index (κ2) is 15.4. The topological polar surface area (TPSA) is 136 Å². The van der Waals surface area contributed by atoms with Gasteiger partial charge in [0.1, 0.15) is 23.7 Å². The summed E-state index contributed by atoms with van der Waals surface area (Å²) in [6.07, 6.45) is 8.53. The molecular formula is C36H38N4O6. The normalized spacial score (nSPS) is 16.8.